The van der Waals surface area contributed by atoms with Crippen molar-refractivity contribution in [1.29, 1.82) is 0 Å². The average molecular weight is 232 g/mol. The number of carbonyl (C=O) groups excluding carboxylic acids is 1. The van der Waals surface area contributed by atoms with Gasteiger partial charge in [0, 0.05) is 19.7 Å². The molecule has 0 aliphatic carbocycles. The molecule has 3 N–H and O–H groups in total. The first-order valence-corrected chi connectivity index (χ1v) is 5.20. The number of rotatable bonds is 8. The Kier molecular flexibility index (Phi) is 7.49. The summed E-state index contributed by atoms with van der Waals surface area (Å²) >= 11 is 0. The normalized spacial score (nSPS) is 14.2. The lowest BCUT2D eigenvalue weighted by molar-refractivity contribution is -0.142. The van der Waals surface area contributed by atoms with Crippen LogP contribution in [0.4, 0.5) is 0 Å². The highest BCUT2D eigenvalue weighted by molar-refractivity contribution is 5.78. The molecule has 0 spiro atoms. The Labute approximate surface area is 95.4 Å². The predicted octanol–water partition coefficient (Wildman–Crippen LogP) is -0.552. The molecule has 0 fully saturated rings. The summed E-state index contributed by atoms with van der Waals surface area (Å²) in [6, 6.07) is -0.245. The van der Waals surface area contributed by atoms with Crippen LogP contribution in [-0.2, 0) is 14.3 Å². The van der Waals surface area contributed by atoms with Gasteiger partial charge in [0.15, 0.2) is 0 Å². The summed E-state index contributed by atoms with van der Waals surface area (Å²) in [5, 5.41) is 14.2. The van der Waals surface area contributed by atoms with E-state index in [-0.39, 0.29) is 18.5 Å². The lowest BCUT2D eigenvalue weighted by Gasteiger charge is -2.17. The molecule has 16 heavy (non-hydrogen) atoms. The third-order valence-corrected chi connectivity index (χ3v) is 2.35. The number of carbonyl (C=O) groups is 2. The van der Waals surface area contributed by atoms with E-state index in [1.165, 1.54) is 0 Å². The van der Waals surface area contributed by atoms with E-state index in [0.29, 0.717) is 13.2 Å². The summed E-state index contributed by atoms with van der Waals surface area (Å²) in [6.45, 7) is 4.37. The van der Waals surface area contributed by atoms with Crippen LogP contribution in [-0.4, -0.2) is 49.8 Å². The molecule has 0 aromatic rings. The minimum Gasteiger partial charge on any atom is -0.481 e. The summed E-state index contributed by atoms with van der Waals surface area (Å²) in [7, 11) is 1.56. The molecule has 1 amide bonds. The smallest absolute Gasteiger partial charge is 0.307 e. The summed E-state index contributed by atoms with van der Waals surface area (Å²) < 4.78 is 4.77. The largest absolute Gasteiger partial charge is 0.481 e. The van der Waals surface area contributed by atoms with E-state index < -0.39 is 11.9 Å². The minimum absolute atomic E-state index is 0.114. The molecule has 0 radical (unpaired) electrons. The molecule has 0 saturated carbocycles. The van der Waals surface area contributed by atoms with Gasteiger partial charge in [-0.25, -0.2) is 0 Å². The molecule has 0 heterocycles. The summed E-state index contributed by atoms with van der Waals surface area (Å²) in [5.41, 5.74) is 0. The van der Waals surface area contributed by atoms with Crippen molar-refractivity contribution >= 4 is 11.9 Å². The topological polar surface area (TPSA) is 87.7 Å². The lowest BCUT2D eigenvalue weighted by atomic mass is 10.0. The molecule has 0 aliphatic rings. The van der Waals surface area contributed by atoms with Crippen LogP contribution in [0.1, 0.15) is 13.8 Å². The molecule has 94 valence electrons. The zero-order valence-electron chi connectivity index (χ0n) is 9.95. The number of hydrogen-bond acceptors (Lipinski definition) is 4. The van der Waals surface area contributed by atoms with Gasteiger partial charge >= 0.3 is 5.97 Å². The van der Waals surface area contributed by atoms with Gasteiger partial charge in [0.1, 0.15) is 0 Å². The summed E-state index contributed by atoms with van der Waals surface area (Å²) in [4.78, 5) is 21.9. The Morgan fingerprint density at radius 3 is 2.50 bits per heavy atom. The molecule has 6 heteroatoms. The molecule has 0 rings (SSSR count). The van der Waals surface area contributed by atoms with E-state index in [2.05, 4.69) is 10.6 Å². The number of amides is 1. The van der Waals surface area contributed by atoms with E-state index in [1.807, 2.05) is 0 Å². The van der Waals surface area contributed by atoms with Gasteiger partial charge in [0.2, 0.25) is 5.91 Å². The van der Waals surface area contributed by atoms with Crippen molar-refractivity contribution in [2.45, 2.75) is 19.9 Å². The molecule has 0 aromatic heterocycles. The molecule has 0 aromatic carbocycles. The van der Waals surface area contributed by atoms with Crippen molar-refractivity contribution in [2.75, 3.05) is 26.8 Å². The number of carboxylic acids is 1. The van der Waals surface area contributed by atoms with Gasteiger partial charge < -0.3 is 20.5 Å². The Bertz CT molecular complexity index is 233. The Morgan fingerprint density at radius 2 is 2.00 bits per heavy atom. The summed E-state index contributed by atoms with van der Waals surface area (Å²) in [5.74, 6) is -1.56. The second kappa shape index (κ2) is 8.06. The van der Waals surface area contributed by atoms with Crippen molar-refractivity contribution in [2.24, 2.45) is 5.92 Å². The van der Waals surface area contributed by atoms with Crippen molar-refractivity contribution in [3.05, 3.63) is 0 Å². The molecule has 2 atom stereocenters. The van der Waals surface area contributed by atoms with Crippen molar-refractivity contribution in [3.63, 3.8) is 0 Å². The number of carboxylic acid groups (broad SMARTS) is 1. The summed E-state index contributed by atoms with van der Waals surface area (Å²) in [6.07, 6.45) is 0. The first-order chi connectivity index (χ1) is 7.49. The molecular formula is C10H20N2O4. The molecular weight excluding hydrogens is 212 g/mol. The zero-order chi connectivity index (χ0) is 12.6. The second-order valence-corrected chi connectivity index (χ2v) is 3.64. The van der Waals surface area contributed by atoms with Crippen LogP contribution in [0.3, 0.4) is 0 Å². The van der Waals surface area contributed by atoms with Crippen LogP contribution in [0.25, 0.3) is 0 Å². The zero-order valence-corrected chi connectivity index (χ0v) is 9.95. The maximum absolute atomic E-state index is 11.2. The quantitative estimate of drug-likeness (QED) is 0.489. The van der Waals surface area contributed by atoms with Gasteiger partial charge in [-0.1, -0.05) is 6.92 Å². The van der Waals surface area contributed by atoms with Crippen molar-refractivity contribution in [1.82, 2.24) is 10.6 Å². The highest BCUT2D eigenvalue weighted by Crippen LogP contribution is 2.01. The standard InChI is InChI=1S/C10H20N2O4/c1-7(10(14)15)8(2)12-6-9(13)11-4-5-16-3/h7-8,12H,4-6H2,1-3H3,(H,11,13)(H,14,15). The van der Waals surface area contributed by atoms with Gasteiger partial charge in [-0.3, -0.25) is 9.59 Å². The van der Waals surface area contributed by atoms with Crippen molar-refractivity contribution in [3.8, 4) is 0 Å². The fraction of sp³-hybridized carbons (Fsp3) is 0.800. The van der Waals surface area contributed by atoms with Gasteiger partial charge in [0.05, 0.1) is 19.1 Å². The van der Waals surface area contributed by atoms with Gasteiger partial charge in [-0.15, -0.1) is 0 Å². The first kappa shape index (κ1) is 14.9. The molecule has 6 nitrogen and oxygen atoms in total. The van der Waals surface area contributed by atoms with Crippen LogP contribution < -0.4 is 10.6 Å². The van der Waals surface area contributed by atoms with Crippen molar-refractivity contribution < 1.29 is 19.4 Å². The van der Waals surface area contributed by atoms with E-state index in [4.69, 9.17) is 9.84 Å². The van der Waals surface area contributed by atoms with Crippen LogP contribution >= 0.6 is 0 Å². The maximum atomic E-state index is 11.2. The van der Waals surface area contributed by atoms with Crippen LogP contribution in [0.5, 0.6) is 0 Å². The van der Waals surface area contributed by atoms with Crippen LogP contribution in [0, 0.1) is 5.92 Å². The van der Waals surface area contributed by atoms with Gasteiger partial charge in [-0.2, -0.15) is 0 Å². The fourth-order valence-corrected chi connectivity index (χ4v) is 0.999. The second-order valence-electron chi connectivity index (χ2n) is 3.64. The number of aliphatic carboxylic acids is 1. The number of methoxy groups -OCH3 is 1. The van der Waals surface area contributed by atoms with Crippen LogP contribution in [0.2, 0.25) is 0 Å². The van der Waals surface area contributed by atoms with E-state index in [9.17, 15) is 9.59 Å². The molecule has 0 aliphatic heterocycles. The number of nitrogens with one attached hydrogen (secondary N) is 2. The number of ether oxygens (including phenoxy) is 1. The molecule has 0 bridgehead atoms. The van der Waals surface area contributed by atoms with Gasteiger partial charge in [0.25, 0.3) is 0 Å². The SMILES string of the molecule is COCCNC(=O)CNC(C)C(C)C(=O)O. The number of hydrogen-bond donors (Lipinski definition) is 3. The first-order valence-electron chi connectivity index (χ1n) is 5.20. The maximum Gasteiger partial charge on any atom is 0.307 e. The van der Waals surface area contributed by atoms with Gasteiger partial charge in [-0.05, 0) is 6.92 Å². The molecule has 0 saturated heterocycles. The Balaban J connectivity index is 3.70. The molecule has 2 unspecified atom stereocenters. The Morgan fingerprint density at radius 1 is 1.38 bits per heavy atom. The lowest BCUT2D eigenvalue weighted by Crippen LogP contribution is -2.43. The third-order valence-electron chi connectivity index (χ3n) is 2.35. The minimum atomic E-state index is -0.875. The van der Waals surface area contributed by atoms with E-state index >= 15 is 0 Å². The average Bonchev–Trinajstić information content (AvgIpc) is 2.25. The highest BCUT2D eigenvalue weighted by atomic mass is 16.5. The third kappa shape index (κ3) is 6.36. The highest BCUT2D eigenvalue weighted by Gasteiger charge is 2.19. The van der Waals surface area contributed by atoms with E-state index in [0.717, 1.165) is 0 Å². The predicted molar refractivity (Wildman–Crippen MR) is 59.2 cm³/mol. The van der Waals surface area contributed by atoms with E-state index in [1.54, 1.807) is 21.0 Å². The fourth-order valence-electron chi connectivity index (χ4n) is 0.999. The monoisotopic (exact) mass is 232 g/mol. The Hall–Kier alpha value is -1.14. The van der Waals surface area contributed by atoms with Crippen LogP contribution in [0.15, 0.2) is 0 Å².